The maximum atomic E-state index is 12.1. The summed E-state index contributed by atoms with van der Waals surface area (Å²) in [5.74, 6) is 0.127. The van der Waals surface area contributed by atoms with Crippen molar-refractivity contribution in [1.29, 1.82) is 0 Å². The Labute approximate surface area is 106 Å². The SMILES string of the molecule is CC(=O)Cc1ccc(C(=O)c2ccccc2)cc1. The van der Waals surface area contributed by atoms with Crippen molar-refractivity contribution in [2.75, 3.05) is 0 Å². The lowest BCUT2D eigenvalue weighted by Gasteiger charge is -2.02. The Bertz CT molecular complexity index is 553. The van der Waals surface area contributed by atoms with Gasteiger partial charge >= 0.3 is 0 Å². The maximum Gasteiger partial charge on any atom is 0.193 e. The molecular weight excluding hydrogens is 224 g/mol. The summed E-state index contributed by atoms with van der Waals surface area (Å²) in [6.07, 6.45) is 0.416. The molecule has 0 saturated carbocycles. The molecule has 0 N–H and O–H groups in total. The van der Waals surface area contributed by atoms with Crippen molar-refractivity contribution in [3.05, 3.63) is 71.3 Å². The molecule has 0 aliphatic heterocycles. The molecule has 2 nitrogen and oxygen atoms in total. The Balaban J connectivity index is 2.20. The van der Waals surface area contributed by atoms with Crippen LogP contribution in [-0.4, -0.2) is 11.6 Å². The lowest BCUT2D eigenvalue weighted by atomic mass is 10.0. The predicted molar refractivity (Wildman–Crippen MR) is 70.7 cm³/mol. The standard InChI is InChI=1S/C16H14O2/c1-12(17)11-13-7-9-15(10-8-13)16(18)14-5-3-2-4-6-14/h2-10H,11H2,1H3. The number of Topliss-reactive ketones (excluding diaryl/α,β-unsaturated/α-hetero) is 1. The van der Waals surface area contributed by atoms with Gasteiger partial charge in [0.25, 0.3) is 0 Å². The van der Waals surface area contributed by atoms with Gasteiger partial charge in [0, 0.05) is 17.5 Å². The van der Waals surface area contributed by atoms with E-state index in [4.69, 9.17) is 0 Å². The number of carbonyl (C=O) groups excluding carboxylic acids is 2. The van der Waals surface area contributed by atoms with Gasteiger partial charge in [-0.05, 0) is 12.5 Å². The van der Waals surface area contributed by atoms with Crippen LogP contribution in [0.2, 0.25) is 0 Å². The van der Waals surface area contributed by atoms with Crippen molar-refractivity contribution in [2.24, 2.45) is 0 Å². The van der Waals surface area contributed by atoms with Crippen LogP contribution in [0.15, 0.2) is 54.6 Å². The molecule has 0 bridgehead atoms. The molecule has 2 rings (SSSR count). The molecule has 0 amide bonds. The van der Waals surface area contributed by atoms with Crippen LogP contribution >= 0.6 is 0 Å². The first kappa shape index (κ1) is 12.2. The summed E-state index contributed by atoms with van der Waals surface area (Å²) in [4.78, 5) is 23.1. The number of ketones is 2. The Morgan fingerprint density at radius 2 is 1.39 bits per heavy atom. The van der Waals surface area contributed by atoms with Gasteiger partial charge in [-0.15, -0.1) is 0 Å². The first-order valence-corrected chi connectivity index (χ1v) is 5.85. The van der Waals surface area contributed by atoms with E-state index in [0.717, 1.165) is 5.56 Å². The summed E-state index contributed by atoms with van der Waals surface area (Å²) < 4.78 is 0. The fourth-order valence-electron chi connectivity index (χ4n) is 1.82. The summed E-state index contributed by atoms with van der Waals surface area (Å²) in [6, 6.07) is 16.4. The highest BCUT2D eigenvalue weighted by atomic mass is 16.1. The predicted octanol–water partition coefficient (Wildman–Crippen LogP) is 3.05. The fraction of sp³-hybridized carbons (Fsp3) is 0.125. The van der Waals surface area contributed by atoms with E-state index in [9.17, 15) is 9.59 Å². The molecule has 0 radical (unpaired) electrons. The van der Waals surface area contributed by atoms with E-state index in [2.05, 4.69) is 0 Å². The van der Waals surface area contributed by atoms with Crippen LogP contribution in [0.4, 0.5) is 0 Å². The fourth-order valence-corrected chi connectivity index (χ4v) is 1.82. The van der Waals surface area contributed by atoms with Crippen LogP contribution in [0.1, 0.15) is 28.4 Å². The Morgan fingerprint density at radius 1 is 0.833 bits per heavy atom. The van der Waals surface area contributed by atoms with Gasteiger partial charge in [-0.3, -0.25) is 9.59 Å². The van der Waals surface area contributed by atoms with Crippen molar-refractivity contribution in [3.8, 4) is 0 Å². The Hall–Kier alpha value is -2.22. The van der Waals surface area contributed by atoms with Gasteiger partial charge in [-0.25, -0.2) is 0 Å². The van der Waals surface area contributed by atoms with Gasteiger partial charge < -0.3 is 0 Å². The van der Waals surface area contributed by atoms with Gasteiger partial charge in [-0.2, -0.15) is 0 Å². The summed E-state index contributed by atoms with van der Waals surface area (Å²) in [5, 5.41) is 0. The minimum atomic E-state index is 0.00461. The van der Waals surface area contributed by atoms with Crippen LogP contribution in [-0.2, 0) is 11.2 Å². The van der Waals surface area contributed by atoms with E-state index < -0.39 is 0 Å². The van der Waals surface area contributed by atoms with E-state index in [0.29, 0.717) is 17.5 Å². The third-order valence-corrected chi connectivity index (χ3v) is 2.71. The molecule has 90 valence electrons. The summed E-state index contributed by atoms with van der Waals surface area (Å²) in [7, 11) is 0. The molecular formula is C16H14O2. The lowest BCUT2D eigenvalue weighted by molar-refractivity contribution is -0.116. The van der Waals surface area contributed by atoms with E-state index in [1.807, 2.05) is 30.3 Å². The largest absolute Gasteiger partial charge is 0.300 e. The molecule has 0 aromatic heterocycles. The lowest BCUT2D eigenvalue weighted by Crippen LogP contribution is -2.02. The second kappa shape index (κ2) is 5.41. The molecule has 0 fully saturated rings. The molecule has 2 aromatic rings. The molecule has 18 heavy (non-hydrogen) atoms. The van der Waals surface area contributed by atoms with Crippen LogP contribution in [0.3, 0.4) is 0 Å². The van der Waals surface area contributed by atoms with Gasteiger partial charge in [0.05, 0.1) is 0 Å². The number of carbonyl (C=O) groups is 2. The van der Waals surface area contributed by atoms with Crippen molar-refractivity contribution >= 4 is 11.6 Å². The first-order chi connectivity index (χ1) is 8.66. The zero-order valence-corrected chi connectivity index (χ0v) is 10.2. The molecule has 0 heterocycles. The smallest absolute Gasteiger partial charge is 0.193 e. The molecule has 2 aromatic carbocycles. The topological polar surface area (TPSA) is 34.1 Å². The third-order valence-electron chi connectivity index (χ3n) is 2.71. The summed E-state index contributed by atoms with van der Waals surface area (Å²) in [5.41, 5.74) is 2.26. The summed E-state index contributed by atoms with van der Waals surface area (Å²) in [6.45, 7) is 1.56. The highest BCUT2D eigenvalue weighted by Crippen LogP contribution is 2.11. The van der Waals surface area contributed by atoms with Crippen LogP contribution in [0.5, 0.6) is 0 Å². The highest BCUT2D eigenvalue weighted by molar-refractivity contribution is 6.08. The third kappa shape index (κ3) is 2.92. The number of benzene rings is 2. The minimum absolute atomic E-state index is 0.00461. The van der Waals surface area contributed by atoms with Crippen LogP contribution in [0.25, 0.3) is 0 Å². The number of hydrogen-bond acceptors (Lipinski definition) is 2. The van der Waals surface area contributed by atoms with E-state index in [-0.39, 0.29) is 11.6 Å². The second-order valence-corrected chi connectivity index (χ2v) is 4.27. The molecule has 0 saturated heterocycles. The molecule has 0 atom stereocenters. The maximum absolute atomic E-state index is 12.1. The van der Waals surface area contributed by atoms with Gasteiger partial charge in [-0.1, -0.05) is 54.6 Å². The highest BCUT2D eigenvalue weighted by Gasteiger charge is 2.08. The van der Waals surface area contributed by atoms with Crippen molar-refractivity contribution in [2.45, 2.75) is 13.3 Å². The van der Waals surface area contributed by atoms with Crippen LogP contribution < -0.4 is 0 Å². The number of rotatable bonds is 4. The normalized spacial score (nSPS) is 10.1. The number of hydrogen-bond donors (Lipinski definition) is 0. The molecule has 2 heteroatoms. The summed E-state index contributed by atoms with van der Waals surface area (Å²) >= 11 is 0. The van der Waals surface area contributed by atoms with E-state index >= 15 is 0 Å². The van der Waals surface area contributed by atoms with Gasteiger partial charge in [0.1, 0.15) is 5.78 Å². The second-order valence-electron chi connectivity index (χ2n) is 4.27. The first-order valence-electron chi connectivity index (χ1n) is 5.85. The minimum Gasteiger partial charge on any atom is -0.300 e. The average molecular weight is 238 g/mol. The van der Waals surface area contributed by atoms with Crippen molar-refractivity contribution < 1.29 is 9.59 Å². The molecule has 0 spiro atoms. The quantitative estimate of drug-likeness (QED) is 0.767. The molecule has 0 unspecified atom stereocenters. The van der Waals surface area contributed by atoms with Gasteiger partial charge in [0.15, 0.2) is 5.78 Å². The van der Waals surface area contributed by atoms with Crippen LogP contribution in [0, 0.1) is 0 Å². The molecule has 0 aliphatic carbocycles. The monoisotopic (exact) mass is 238 g/mol. The van der Waals surface area contributed by atoms with E-state index in [1.165, 1.54) is 0 Å². The zero-order chi connectivity index (χ0) is 13.0. The van der Waals surface area contributed by atoms with Crippen molar-refractivity contribution in [3.63, 3.8) is 0 Å². The van der Waals surface area contributed by atoms with Crippen molar-refractivity contribution in [1.82, 2.24) is 0 Å². The van der Waals surface area contributed by atoms with Gasteiger partial charge in [0.2, 0.25) is 0 Å². The molecule has 0 aliphatic rings. The Kier molecular flexibility index (Phi) is 3.68. The zero-order valence-electron chi connectivity index (χ0n) is 10.2. The van der Waals surface area contributed by atoms with E-state index in [1.54, 1.807) is 31.2 Å². The Morgan fingerprint density at radius 3 is 1.94 bits per heavy atom. The average Bonchev–Trinajstić information content (AvgIpc) is 2.39.